The van der Waals surface area contributed by atoms with Gasteiger partial charge in [0, 0.05) is 25.4 Å². The summed E-state index contributed by atoms with van der Waals surface area (Å²) in [6.07, 6.45) is 0.666. The average molecular weight is 185 g/mol. The van der Waals surface area contributed by atoms with E-state index in [1.807, 2.05) is 20.8 Å². The molecule has 0 aliphatic carbocycles. The predicted molar refractivity (Wildman–Crippen MR) is 51.3 cm³/mol. The van der Waals surface area contributed by atoms with Crippen LogP contribution in [-0.4, -0.2) is 34.6 Å². The Morgan fingerprint density at radius 2 is 1.92 bits per heavy atom. The molecule has 1 fully saturated rings. The van der Waals surface area contributed by atoms with Gasteiger partial charge in [0.15, 0.2) is 0 Å². The van der Waals surface area contributed by atoms with E-state index in [0.717, 1.165) is 0 Å². The molecule has 3 nitrogen and oxygen atoms in total. The molecule has 1 rings (SSSR count). The molecule has 0 spiro atoms. The lowest BCUT2D eigenvalue weighted by atomic mass is 9.71. The summed E-state index contributed by atoms with van der Waals surface area (Å²) in [6, 6.07) is 0. The number of hydrogen-bond acceptors (Lipinski definition) is 2. The van der Waals surface area contributed by atoms with Gasteiger partial charge >= 0.3 is 0 Å². The topological polar surface area (TPSA) is 40.5 Å². The van der Waals surface area contributed by atoms with Crippen LogP contribution >= 0.6 is 0 Å². The molecule has 1 heterocycles. The molecule has 1 unspecified atom stereocenters. The fourth-order valence-electron chi connectivity index (χ4n) is 1.69. The van der Waals surface area contributed by atoms with E-state index in [9.17, 15) is 9.90 Å². The summed E-state index contributed by atoms with van der Waals surface area (Å²) in [5, 5.41) is 10.1. The molecule has 0 bridgehead atoms. The van der Waals surface area contributed by atoms with Gasteiger partial charge in [-0.2, -0.15) is 0 Å². The number of hydrogen-bond donors (Lipinski definition) is 1. The molecule has 3 heteroatoms. The molecule has 76 valence electrons. The van der Waals surface area contributed by atoms with Gasteiger partial charge in [0.1, 0.15) is 0 Å². The van der Waals surface area contributed by atoms with Gasteiger partial charge in [-0.1, -0.05) is 13.8 Å². The Hall–Kier alpha value is -0.570. The average Bonchev–Trinajstić information content (AvgIpc) is 1.94. The van der Waals surface area contributed by atoms with Gasteiger partial charge in [-0.05, 0) is 13.3 Å². The third kappa shape index (κ3) is 1.85. The Balaban J connectivity index is 2.76. The summed E-state index contributed by atoms with van der Waals surface area (Å²) >= 11 is 0. The van der Waals surface area contributed by atoms with Crippen LogP contribution < -0.4 is 0 Å². The first-order valence-corrected chi connectivity index (χ1v) is 4.74. The number of rotatable bonds is 0. The van der Waals surface area contributed by atoms with E-state index in [1.54, 1.807) is 11.8 Å². The monoisotopic (exact) mass is 185 g/mol. The lowest BCUT2D eigenvalue weighted by molar-refractivity contribution is -0.144. The second-order valence-electron chi connectivity index (χ2n) is 4.85. The largest absolute Gasteiger partial charge is 0.389 e. The standard InChI is InChI=1S/C10H19NO2/c1-8(12)11-6-5-10(4,13)9(2,3)7-11/h13H,5-7H2,1-4H3. The fourth-order valence-corrected chi connectivity index (χ4v) is 1.69. The highest BCUT2D eigenvalue weighted by Gasteiger charge is 2.44. The molecule has 0 aromatic heterocycles. The van der Waals surface area contributed by atoms with Crippen LogP contribution in [0.4, 0.5) is 0 Å². The highest BCUT2D eigenvalue weighted by Crippen LogP contribution is 2.37. The van der Waals surface area contributed by atoms with Crippen molar-refractivity contribution >= 4 is 5.91 Å². The van der Waals surface area contributed by atoms with Gasteiger partial charge in [0.2, 0.25) is 5.91 Å². The number of likely N-dealkylation sites (tertiary alicyclic amines) is 1. The van der Waals surface area contributed by atoms with Crippen LogP contribution in [0.15, 0.2) is 0 Å². The van der Waals surface area contributed by atoms with E-state index >= 15 is 0 Å². The zero-order valence-corrected chi connectivity index (χ0v) is 8.92. The maximum absolute atomic E-state index is 11.1. The zero-order valence-electron chi connectivity index (χ0n) is 8.92. The second-order valence-corrected chi connectivity index (χ2v) is 4.85. The minimum atomic E-state index is -0.654. The SMILES string of the molecule is CC(=O)N1CCC(C)(O)C(C)(C)C1. The second kappa shape index (κ2) is 2.98. The summed E-state index contributed by atoms with van der Waals surface area (Å²) in [7, 11) is 0. The predicted octanol–water partition coefficient (Wildman–Crippen LogP) is 1.02. The quantitative estimate of drug-likeness (QED) is 0.612. The van der Waals surface area contributed by atoms with Crippen LogP contribution in [0, 0.1) is 5.41 Å². The van der Waals surface area contributed by atoms with Gasteiger partial charge in [-0.15, -0.1) is 0 Å². The van der Waals surface area contributed by atoms with Crippen molar-refractivity contribution < 1.29 is 9.90 Å². The van der Waals surface area contributed by atoms with Crippen molar-refractivity contribution in [1.29, 1.82) is 0 Å². The van der Waals surface area contributed by atoms with Crippen LogP contribution in [0.5, 0.6) is 0 Å². The van der Waals surface area contributed by atoms with E-state index in [4.69, 9.17) is 0 Å². The summed E-state index contributed by atoms with van der Waals surface area (Å²) in [5.74, 6) is 0.101. The molecule has 1 aliphatic rings. The van der Waals surface area contributed by atoms with Gasteiger partial charge in [-0.25, -0.2) is 0 Å². The molecule has 1 saturated heterocycles. The molecule has 0 aromatic carbocycles. The highest BCUT2D eigenvalue weighted by molar-refractivity contribution is 5.73. The van der Waals surface area contributed by atoms with Crippen LogP contribution in [0.25, 0.3) is 0 Å². The Bertz CT molecular complexity index is 221. The van der Waals surface area contributed by atoms with Crippen LogP contribution in [-0.2, 0) is 4.79 Å². The first-order valence-electron chi connectivity index (χ1n) is 4.74. The zero-order chi connectivity index (χ0) is 10.3. The van der Waals surface area contributed by atoms with E-state index < -0.39 is 5.60 Å². The lowest BCUT2D eigenvalue weighted by Gasteiger charge is -2.48. The molecular formula is C10H19NO2. The molecule has 1 aliphatic heterocycles. The van der Waals surface area contributed by atoms with Crippen LogP contribution in [0.1, 0.15) is 34.1 Å². The van der Waals surface area contributed by atoms with Crippen molar-refractivity contribution in [3.63, 3.8) is 0 Å². The smallest absolute Gasteiger partial charge is 0.219 e. The van der Waals surface area contributed by atoms with E-state index in [-0.39, 0.29) is 11.3 Å². The number of nitrogens with zero attached hydrogens (tertiary/aromatic N) is 1. The molecule has 13 heavy (non-hydrogen) atoms. The maximum Gasteiger partial charge on any atom is 0.219 e. The summed E-state index contributed by atoms with van der Waals surface area (Å²) in [4.78, 5) is 12.9. The van der Waals surface area contributed by atoms with Gasteiger partial charge in [-0.3, -0.25) is 4.79 Å². The molecule has 0 saturated carbocycles. The Morgan fingerprint density at radius 1 is 1.38 bits per heavy atom. The van der Waals surface area contributed by atoms with Crippen molar-refractivity contribution in [3.8, 4) is 0 Å². The van der Waals surface area contributed by atoms with Gasteiger partial charge in [0.25, 0.3) is 0 Å². The molecule has 1 atom stereocenters. The van der Waals surface area contributed by atoms with Crippen molar-refractivity contribution in [2.45, 2.75) is 39.7 Å². The molecule has 0 aromatic rings. The molecular weight excluding hydrogens is 166 g/mol. The summed E-state index contributed by atoms with van der Waals surface area (Å²) in [5.41, 5.74) is -0.865. The molecule has 0 radical (unpaired) electrons. The normalized spacial score (nSPS) is 33.2. The van der Waals surface area contributed by atoms with Crippen LogP contribution in [0.3, 0.4) is 0 Å². The highest BCUT2D eigenvalue weighted by atomic mass is 16.3. The maximum atomic E-state index is 11.1. The fraction of sp³-hybridized carbons (Fsp3) is 0.900. The van der Waals surface area contributed by atoms with Crippen molar-refractivity contribution in [3.05, 3.63) is 0 Å². The number of amides is 1. The number of aliphatic hydroxyl groups is 1. The third-order valence-corrected chi connectivity index (χ3v) is 3.36. The Labute approximate surface area is 79.7 Å². The van der Waals surface area contributed by atoms with Crippen molar-refractivity contribution in [1.82, 2.24) is 4.90 Å². The van der Waals surface area contributed by atoms with Gasteiger partial charge in [0.05, 0.1) is 5.60 Å². The van der Waals surface area contributed by atoms with E-state index in [1.165, 1.54) is 0 Å². The lowest BCUT2D eigenvalue weighted by Crippen LogP contribution is -2.56. The number of carbonyl (C=O) groups excluding carboxylic acids is 1. The molecule has 1 N–H and O–H groups in total. The minimum Gasteiger partial charge on any atom is -0.389 e. The summed E-state index contributed by atoms with van der Waals surface area (Å²) < 4.78 is 0. The Kier molecular flexibility index (Phi) is 2.41. The number of piperidine rings is 1. The summed E-state index contributed by atoms with van der Waals surface area (Å²) in [6.45, 7) is 8.76. The van der Waals surface area contributed by atoms with Crippen molar-refractivity contribution in [2.75, 3.05) is 13.1 Å². The van der Waals surface area contributed by atoms with E-state index in [0.29, 0.717) is 19.5 Å². The minimum absolute atomic E-state index is 0.101. The number of carbonyl (C=O) groups is 1. The van der Waals surface area contributed by atoms with Crippen LogP contribution in [0.2, 0.25) is 0 Å². The van der Waals surface area contributed by atoms with E-state index in [2.05, 4.69) is 0 Å². The third-order valence-electron chi connectivity index (χ3n) is 3.36. The Morgan fingerprint density at radius 3 is 2.31 bits per heavy atom. The molecule has 1 amide bonds. The van der Waals surface area contributed by atoms with Crippen molar-refractivity contribution in [2.24, 2.45) is 5.41 Å². The first-order chi connectivity index (χ1) is 5.76. The van der Waals surface area contributed by atoms with Gasteiger partial charge < -0.3 is 10.0 Å². The first kappa shape index (κ1) is 10.5.